The molecular formula is C15H13IO2. The third-order valence-electron chi connectivity index (χ3n) is 3.19. The average molecular weight is 352 g/mol. The molecule has 2 aromatic carbocycles. The van der Waals surface area contributed by atoms with Crippen LogP contribution in [0.5, 0.6) is 0 Å². The topological polar surface area (TPSA) is 37.3 Å². The van der Waals surface area contributed by atoms with Crippen LogP contribution in [0.4, 0.5) is 0 Å². The number of aliphatic carboxylic acids is 1. The van der Waals surface area contributed by atoms with Gasteiger partial charge < -0.3 is 5.11 Å². The molecule has 1 unspecified atom stereocenters. The second-order valence-electron chi connectivity index (χ2n) is 4.28. The minimum absolute atomic E-state index is 0.793. The zero-order valence-electron chi connectivity index (χ0n) is 9.93. The van der Waals surface area contributed by atoms with Gasteiger partial charge in [-0.3, -0.25) is 4.79 Å². The van der Waals surface area contributed by atoms with Crippen molar-refractivity contribution in [2.75, 3.05) is 0 Å². The second-order valence-corrected chi connectivity index (χ2v) is 5.44. The lowest BCUT2D eigenvalue weighted by Gasteiger charge is -2.27. The SMILES string of the molecule is CC(C(=O)O)(c1ccccc1)c1ccccc1I. The summed E-state index contributed by atoms with van der Waals surface area (Å²) in [5, 5.41) is 9.66. The third kappa shape index (κ3) is 2.14. The van der Waals surface area contributed by atoms with E-state index in [9.17, 15) is 9.90 Å². The van der Waals surface area contributed by atoms with Crippen LogP contribution in [0.2, 0.25) is 0 Å². The first-order chi connectivity index (χ1) is 8.56. The van der Waals surface area contributed by atoms with Crippen LogP contribution in [0.25, 0.3) is 0 Å². The maximum atomic E-state index is 11.8. The number of benzene rings is 2. The van der Waals surface area contributed by atoms with Gasteiger partial charge in [0.25, 0.3) is 0 Å². The van der Waals surface area contributed by atoms with Crippen LogP contribution < -0.4 is 0 Å². The first-order valence-electron chi connectivity index (χ1n) is 5.60. The summed E-state index contributed by atoms with van der Waals surface area (Å²) in [7, 11) is 0. The van der Waals surface area contributed by atoms with Gasteiger partial charge >= 0.3 is 5.97 Å². The van der Waals surface area contributed by atoms with Crippen molar-refractivity contribution in [1.82, 2.24) is 0 Å². The molecule has 0 aliphatic rings. The minimum atomic E-state index is -1.01. The van der Waals surface area contributed by atoms with Crippen molar-refractivity contribution in [2.24, 2.45) is 0 Å². The maximum Gasteiger partial charge on any atom is 0.318 e. The van der Waals surface area contributed by atoms with Crippen LogP contribution >= 0.6 is 22.6 Å². The summed E-state index contributed by atoms with van der Waals surface area (Å²) in [6.45, 7) is 1.75. The highest BCUT2D eigenvalue weighted by Gasteiger charge is 2.38. The molecular weight excluding hydrogens is 339 g/mol. The van der Waals surface area contributed by atoms with Crippen molar-refractivity contribution in [2.45, 2.75) is 12.3 Å². The van der Waals surface area contributed by atoms with E-state index in [-0.39, 0.29) is 0 Å². The van der Waals surface area contributed by atoms with Gasteiger partial charge in [-0.2, -0.15) is 0 Å². The van der Waals surface area contributed by atoms with E-state index in [1.807, 2.05) is 54.6 Å². The van der Waals surface area contributed by atoms with Crippen LogP contribution in [-0.2, 0) is 10.2 Å². The quantitative estimate of drug-likeness (QED) is 0.856. The number of hydrogen-bond acceptors (Lipinski definition) is 1. The molecule has 3 heteroatoms. The molecule has 0 fully saturated rings. The molecule has 0 aliphatic carbocycles. The number of halogens is 1. The molecule has 2 nitrogen and oxygen atoms in total. The third-order valence-corrected chi connectivity index (χ3v) is 4.13. The predicted octanol–water partition coefficient (Wildman–Crippen LogP) is 3.68. The summed E-state index contributed by atoms with van der Waals surface area (Å²) >= 11 is 2.18. The van der Waals surface area contributed by atoms with Crippen LogP contribution in [0.15, 0.2) is 54.6 Å². The molecule has 0 aromatic heterocycles. The van der Waals surface area contributed by atoms with Gasteiger partial charge in [0.15, 0.2) is 0 Å². The van der Waals surface area contributed by atoms with Gasteiger partial charge in [0, 0.05) is 3.57 Å². The van der Waals surface area contributed by atoms with E-state index in [1.54, 1.807) is 6.92 Å². The molecule has 0 amide bonds. The summed E-state index contributed by atoms with van der Waals surface area (Å²) in [4.78, 5) is 11.8. The molecule has 2 aromatic rings. The molecule has 1 N–H and O–H groups in total. The van der Waals surface area contributed by atoms with E-state index in [0.29, 0.717) is 0 Å². The molecule has 1 atom stereocenters. The predicted molar refractivity (Wildman–Crippen MR) is 79.7 cm³/mol. The lowest BCUT2D eigenvalue weighted by atomic mass is 9.76. The Morgan fingerprint density at radius 2 is 1.61 bits per heavy atom. The van der Waals surface area contributed by atoms with Gasteiger partial charge in [-0.25, -0.2) is 0 Å². The molecule has 92 valence electrons. The van der Waals surface area contributed by atoms with Crippen molar-refractivity contribution in [3.8, 4) is 0 Å². The van der Waals surface area contributed by atoms with Gasteiger partial charge in [0.1, 0.15) is 5.41 Å². The van der Waals surface area contributed by atoms with E-state index in [2.05, 4.69) is 22.6 Å². The number of carboxylic acids is 1. The molecule has 0 saturated heterocycles. The zero-order chi connectivity index (χ0) is 13.2. The monoisotopic (exact) mass is 352 g/mol. The molecule has 18 heavy (non-hydrogen) atoms. The molecule has 0 spiro atoms. The molecule has 0 saturated carbocycles. The highest BCUT2D eigenvalue weighted by atomic mass is 127. The summed E-state index contributed by atoms with van der Waals surface area (Å²) in [6.07, 6.45) is 0. The molecule has 0 aliphatic heterocycles. The van der Waals surface area contributed by atoms with E-state index in [0.717, 1.165) is 14.7 Å². The fourth-order valence-electron chi connectivity index (χ4n) is 2.03. The molecule has 2 rings (SSSR count). The lowest BCUT2D eigenvalue weighted by Crippen LogP contribution is -2.34. The van der Waals surface area contributed by atoms with Gasteiger partial charge in [0.2, 0.25) is 0 Å². The highest BCUT2D eigenvalue weighted by molar-refractivity contribution is 14.1. The van der Waals surface area contributed by atoms with Crippen molar-refractivity contribution < 1.29 is 9.90 Å². The maximum absolute atomic E-state index is 11.8. The Morgan fingerprint density at radius 3 is 2.17 bits per heavy atom. The lowest BCUT2D eigenvalue weighted by molar-refractivity contribution is -0.141. The normalized spacial score (nSPS) is 13.9. The smallest absolute Gasteiger partial charge is 0.318 e. The first kappa shape index (κ1) is 13.1. The molecule has 0 radical (unpaired) electrons. The van der Waals surface area contributed by atoms with Crippen molar-refractivity contribution in [3.05, 3.63) is 69.3 Å². The largest absolute Gasteiger partial charge is 0.480 e. The van der Waals surface area contributed by atoms with Crippen LogP contribution in [0, 0.1) is 3.57 Å². The van der Waals surface area contributed by atoms with Gasteiger partial charge in [-0.05, 0) is 46.7 Å². The Hall–Kier alpha value is -1.36. The molecule has 0 heterocycles. The second kappa shape index (κ2) is 5.10. The average Bonchev–Trinajstić information content (AvgIpc) is 2.39. The standard InChI is InChI=1S/C15H13IO2/c1-15(14(17)18,11-7-3-2-4-8-11)12-9-5-6-10-13(12)16/h2-10H,1H3,(H,17,18). The Balaban J connectivity index is 2.67. The fraction of sp³-hybridized carbons (Fsp3) is 0.133. The first-order valence-corrected chi connectivity index (χ1v) is 6.68. The summed E-state index contributed by atoms with van der Waals surface area (Å²) in [5.74, 6) is -0.835. The zero-order valence-corrected chi connectivity index (χ0v) is 12.1. The van der Waals surface area contributed by atoms with E-state index in [1.165, 1.54) is 0 Å². The van der Waals surface area contributed by atoms with Gasteiger partial charge in [-0.15, -0.1) is 0 Å². The summed E-state index contributed by atoms with van der Waals surface area (Å²) in [5.41, 5.74) is 0.602. The molecule has 0 bridgehead atoms. The van der Waals surface area contributed by atoms with Gasteiger partial charge in [-0.1, -0.05) is 48.5 Å². The fourth-order valence-corrected chi connectivity index (χ4v) is 2.96. The number of carbonyl (C=O) groups is 1. The minimum Gasteiger partial charge on any atom is -0.480 e. The van der Waals surface area contributed by atoms with Crippen LogP contribution in [-0.4, -0.2) is 11.1 Å². The van der Waals surface area contributed by atoms with Crippen LogP contribution in [0.1, 0.15) is 18.1 Å². The van der Waals surface area contributed by atoms with Crippen molar-refractivity contribution in [3.63, 3.8) is 0 Å². The van der Waals surface area contributed by atoms with Crippen LogP contribution in [0.3, 0.4) is 0 Å². The van der Waals surface area contributed by atoms with Crippen molar-refractivity contribution >= 4 is 28.6 Å². The van der Waals surface area contributed by atoms with Crippen molar-refractivity contribution in [1.29, 1.82) is 0 Å². The van der Waals surface area contributed by atoms with E-state index >= 15 is 0 Å². The summed E-state index contributed by atoms with van der Waals surface area (Å²) in [6, 6.07) is 16.9. The Labute approximate surface area is 120 Å². The van der Waals surface area contributed by atoms with E-state index in [4.69, 9.17) is 0 Å². The van der Waals surface area contributed by atoms with E-state index < -0.39 is 11.4 Å². The number of rotatable bonds is 3. The Kier molecular flexibility index (Phi) is 3.71. The van der Waals surface area contributed by atoms with Gasteiger partial charge in [0.05, 0.1) is 0 Å². The Bertz CT molecular complexity index is 566. The highest BCUT2D eigenvalue weighted by Crippen LogP contribution is 2.34. The Morgan fingerprint density at radius 1 is 1.06 bits per heavy atom. The number of hydrogen-bond donors (Lipinski definition) is 1. The summed E-state index contributed by atoms with van der Waals surface area (Å²) < 4.78 is 0.962. The number of carboxylic acid groups (broad SMARTS) is 1.